The monoisotopic (exact) mass is 369 g/mol. The predicted molar refractivity (Wildman–Crippen MR) is 97.6 cm³/mol. The van der Waals surface area contributed by atoms with Gasteiger partial charge in [-0.3, -0.25) is 5.43 Å². The summed E-state index contributed by atoms with van der Waals surface area (Å²) in [5.74, 6) is 0.846. The fraction of sp³-hybridized carbons (Fsp3) is 0.111. The van der Waals surface area contributed by atoms with E-state index in [2.05, 4.69) is 25.7 Å². The summed E-state index contributed by atoms with van der Waals surface area (Å²) in [5, 5.41) is 9.75. The zero-order valence-electron chi connectivity index (χ0n) is 14.3. The van der Waals surface area contributed by atoms with Crippen molar-refractivity contribution in [2.75, 3.05) is 12.5 Å². The van der Waals surface area contributed by atoms with E-state index < -0.39 is 5.69 Å². The van der Waals surface area contributed by atoms with Crippen LogP contribution in [0, 0.1) is 5.82 Å². The molecule has 0 saturated heterocycles. The molecule has 27 heavy (non-hydrogen) atoms. The van der Waals surface area contributed by atoms with E-state index in [0.717, 1.165) is 5.56 Å². The Bertz CT molecular complexity index is 1010. The smallest absolute Gasteiger partial charge is 0.363 e. The molecule has 0 atom stereocenters. The number of halogens is 1. The molecule has 0 radical (unpaired) electrons. The number of aromatic nitrogens is 3. The lowest BCUT2D eigenvalue weighted by molar-refractivity contribution is 0.279. The van der Waals surface area contributed by atoms with Crippen molar-refractivity contribution in [3.63, 3.8) is 0 Å². The molecule has 0 unspecified atom stereocenters. The summed E-state index contributed by atoms with van der Waals surface area (Å²) in [5.41, 5.74) is 3.20. The summed E-state index contributed by atoms with van der Waals surface area (Å²) in [4.78, 5) is 14.7. The normalized spacial score (nSPS) is 10.7. The Morgan fingerprint density at radius 1 is 1.26 bits per heavy atom. The van der Waals surface area contributed by atoms with Crippen LogP contribution in [-0.2, 0) is 6.61 Å². The summed E-state index contributed by atoms with van der Waals surface area (Å²) < 4.78 is 24.6. The number of hydrogen-bond donors (Lipinski definition) is 2. The number of methoxy groups -OCH3 is 1. The van der Waals surface area contributed by atoms with E-state index in [4.69, 9.17) is 9.47 Å². The molecule has 0 fully saturated rings. The number of hydrazone groups is 1. The van der Waals surface area contributed by atoms with E-state index in [-0.39, 0.29) is 18.2 Å². The van der Waals surface area contributed by atoms with Crippen LogP contribution in [0.3, 0.4) is 0 Å². The fourth-order valence-electron chi connectivity index (χ4n) is 2.19. The van der Waals surface area contributed by atoms with Gasteiger partial charge in [0.05, 0.1) is 19.5 Å². The number of nitrogens with one attached hydrogen (secondary N) is 2. The molecular weight excluding hydrogens is 353 g/mol. The molecule has 9 heteroatoms. The average molecular weight is 369 g/mol. The molecular formula is C18H16FN5O3. The summed E-state index contributed by atoms with van der Waals surface area (Å²) in [6.45, 7) is 0.0826. The molecule has 3 rings (SSSR count). The van der Waals surface area contributed by atoms with E-state index >= 15 is 0 Å². The van der Waals surface area contributed by atoms with Crippen LogP contribution in [0.2, 0.25) is 0 Å². The predicted octanol–water partition coefficient (Wildman–Crippen LogP) is 2.34. The van der Waals surface area contributed by atoms with E-state index in [1.807, 2.05) is 0 Å². The highest BCUT2D eigenvalue weighted by molar-refractivity contribution is 5.81. The van der Waals surface area contributed by atoms with Gasteiger partial charge in [-0.1, -0.05) is 18.2 Å². The lowest BCUT2D eigenvalue weighted by Crippen LogP contribution is -2.13. The first-order chi connectivity index (χ1) is 13.2. The topological polar surface area (TPSA) is 101 Å². The summed E-state index contributed by atoms with van der Waals surface area (Å²) in [6, 6.07) is 11.6. The molecule has 2 aromatic carbocycles. The molecule has 2 N–H and O–H groups in total. The molecule has 1 aromatic heterocycles. The van der Waals surface area contributed by atoms with Crippen LogP contribution in [-0.4, -0.2) is 28.5 Å². The Kier molecular flexibility index (Phi) is 5.73. The second kappa shape index (κ2) is 8.56. The van der Waals surface area contributed by atoms with Crippen molar-refractivity contribution in [2.45, 2.75) is 6.61 Å². The third-order valence-electron chi connectivity index (χ3n) is 3.49. The van der Waals surface area contributed by atoms with Gasteiger partial charge in [-0.05, 0) is 29.8 Å². The van der Waals surface area contributed by atoms with Crippen LogP contribution in [0.4, 0.5) is 10.2 Å². The van der Waals surface area contributed by atoms with Crippen molar-refractivity contribution >= 4 is 12.0 Å². The Hall–Kier alpha value is -3.75. The Morgan fingerprint density at radius 3 is 2.89 bits per heavy atom. The highest BCUT2D eigenvalue weighted by Gasteiger charge is 2.07. The maximum Gasteiger partial charge on any atom is 0.363 e. The molecule has 138 valence electrons. The molecule has 8 nitrogen and oxygen atoms in total. The molecule has 1 heterocycles. The number of H-pyrrole nitrogens is 1. The van der Waals surface area contributed by atoms with Crippen molar-refractivity contribution < 1.29 is 13.9 Å². The van der Waals surface area contributed by atoms with Gasteiger partial charge < -0.3 is 9.47 Å². The quantitative estimate of drug-likeness (QED) is 0.490. The van der Waals surface area contributed by atoms with E-state index in [9.17, 15) is 9.18 Å². The largest absolute Gasteiger partial charge is 0.493 e. The van der Waals surface area contributed by atoms with Gasteiger partial charge in [0.15, 0.2) is 17.3 Å². The Balaban J connectivity index is 1.67. The zero-order chi connectivity index (χ0) is 19.1. The van der Waals surface area contributed by atoms with Crippen LogP contribution in [0.5, 0.6) is 11.5 Å². The highest BCUT2D eigenvalue weighted by atomic mass is 19.1. The average Bonchev–Trinajstić information content (AvgIpc) is 2.68. The maximum absolute atomic E-state index is 13.7. The number of nitrogens with zero attached hydrogens (tertiary/aromatic N) is 3. The fourth-order valence-corrected chi connectivity index (χ4v) is 2.19. The number of hydrogen-bond acceptors (Lipinski definition) is 7. The third-order valence-corrected chi connectivity index (χ3v) is 3.49. The number of ether oxygens (including phenoxy) is 2. The first-order valence-electron chi connectivity index (χ1n) is 7.91. The molecule has 3 aromatic rings. The van der Waals surface area contributed by atoms with Gasteiger partial charge in [0.1, 0.15) is 12.4 Å². The zero-order valence-corrected chi connectivity index (χ0v) is 14.3. The highest BCUT2D eigenvalue weighted by Crippen LogP contribution is 2.28. The van der Waals surface area contributed by atoms with E-state index in [1.54, 1.807) is 36.4 Å². The molecule has 0 aliphatic carbocycles. The first-order valence-corrected chi connectivity index (χ1v) is 7.91. The first kappa shape index (κ1) is 18.1. The van der Waals surface area contributed by atoms with Crippen LogP contribution < -0.4 is 20.6 Å². The van der Waals surface area contributed by atoms with Gasteiger partial charge in [-0.2, -0.15) is 15.2 Å². The second-order valence-corrected chi connectivity index (χ2v) is 5.33. The molecule has 0 spiro atoms. The molecule has 0 saturated carbocycles. The summed E-state index contributed by atoms with van der Waals surface area (Å²) in [7, 11) is 1.51. The second-order valence-electron chi connectivity index (χ2n) is 5.33. The van der Waals surface area contributed by atoms with Gasteiger partial charge in [0, 0.05) is 5.56 Å². The van der Waals surface area contributed by atoms with Crippen molar-refractivity contribution in [3.05, 3.63) is 76.1 Å². The molecule has 0 bridgehead atoms. The van der Waals surface area contributed by atoms with E-state index in [0.29, 0.717) is 17.1 Å². The SMILES string of the molecule is COc1cc(/C=N\Nc2cn[nH]c(=O)n2)ccc1OCc1ccccc1F. The van der Waals surface area contributed by atoms with Crippen molar-refractivity contribution in [1.29, 1.82) is 0 Å². The van der Waals surface area contributed by atoms with Gasteiger partial charge in [0.25, 0.3) is 0 Å². The number of aromatic amines is 1. The Labute approximate surface area is 153 Å². The molecule has 0 aliphatic heterocycles. The Morgan fingerprint density at radius 2 is 2.11 bits per heavy atom. The minimum atomic E-state index is -0.576. The van der Waals surface area contributed by atoms with Gasteiger partial charge in [-0.25, -0.2) is 14.3 Å². The third kappa shape index (κ3) is 4.88. The summed E-state index contributed by atoms with van der Waals surface area (Å²) in [6.07, 6.45) is 2.85. The van der Waals surface area contributed by atoms with Gasteiger partial charge in [0.2, 0.25) is 0 Å². The summed E-state index contributed by atoms with van der Waals surface area (Å²) >= 11 is 0. The van der Waals surface area contributed by atoms with E-state index in [1.165, 1.54) is 25.6 Å². The lowest BCUT2D eigenvalue weighted by atomic mass is 10.2. The van der Waals surface area contributed by atoms with Gasteiger partial charge in [-0.15, -0.1) is 0 Å². The van der Waals surface area contributed by atoms with Crippen LogP contribution >= 0.6 is 0 Å². The molecule has 0 amide bonds. The van der Waals surface area contributed by atoms with Gasteiger partial charge >= 0.3 is 5.69 Å². The molecule has 0 aliphatic rings. The van der Waals surface area contributed by atoms with Crippen LogP contribution in [0.1, 0.15) is 11.1 Å². The van der Waals surface area contributed by atoms with Crippen molar-refractivity contribution in [3.8, 4) is 11.5 Å². The standard InChI is InChI=1S/C18H16FN5O3/c1-26-16-8-12(9-20-23-17-10-21-24-18(25)22-17)6-7-15(16)27-11-13-4-2-3-5-14(13)19/h2-10H,11H2,1H3,(H2,22,23,24,25)/b20-9-. The van der Waals surface area contributed by atoms with Crippen molar-refractivity contribution in [1.82, 2.24) is 15.2 Å². The lowest BCUT2D eigenvalue weighted by Gasteiger charge is -2.11. The minimum absolute atomic E-state index is 0.0826. The van der Waals surface area contributed by atoms with Crippen LogP contribution in [0.15, 0.2) is 58.6 Å². The van der Waals surface area contributed by atoms with Crippen molar-refractivity contribution in [2.24, 2.45) is 5.10 Å². The number of anilines is 1. The number of rotatable bonds is 7. The number of benzene rings is 2. The van der Waals surface area contributed by atoms with Crippen LogP contribution in [0.25, 0.3) is 0 Å². The maximum atomic E-state index is 13.7. The minimum Gasteiger partial charge on any atom is -0.493 e.